The standard InChI is InChI=1S/C21H32N6O2.HI/c1-5-22-21(26(2)14-20-24-15-25-27(20)3)23-13-16-10-11-18(28-4)12-19(16)29-17-8-6-7-9-17;/h10-12,15,17H,5-9,13-14H2,1-4H3,(H,22,23);1H. The van der Waals surface area contributed by atoms with Crippen molar-refractivity contribution in [3.63, 3.8) is 0 Å². The van der Waals surface area contributed by atoms with Gasteiger partial charge in [-0.3, -0.25) is 4.68 Å². The van der Waals surface area contributed by atoms with Crippen molar-refractivity contribution in [3.8, 4) is 11.5 Å². The first-order chi connectivity index (χ1) is 14.1. The average molecular weight is 528 g/mol. The van der Waals surface area contributed by atoms with Gasteiger partial charge in [0.25, 0.3) is 0 Å². The molecule has 3 rings (SSSR count). The third kappa shape index (κ3) is 6.48. The lowest BCUT2D eigenvalue weighted by Gasteiger charge is -2.22. The van der Waals surface area contributed by atoms with Crippen molar-refractivity contribution in [3.05, 3.63) is 35.9 Å². The van der Waals surface area contributed by atoms with Crippen LogP contribution in [-0.2, 0) is 20.1 Å². The molecule has 2 aromatic rings. The Morgan fingerprint density at radius 3 is 2.73 bits per heavy atom. The molecule has 1 fully saturated rings. The van der Waals surface area contributed by atoms with E-state index in [1.54, 1.807) is 18.1 Å². The highest BCUT2D eigenvalue weighted by Crippen LogP contribution is 2.30. The van der Waals surface area contributed by atoms with E-state index >= 15 is 0 Å². The largest absolute Gasteiger partial charge is 0.497 e. The number of rotatable bonds is 8. The molecule has 0 unspecified atom stereocenters. The lowest BCUT2D eigenvalue weighted by Crippen LogP contribution is -2.39. The Morgan fingerprint density at radius 1 is 1.33 bits per heavy atom. The molecular weight excluding hydrogens is 495 g/mol. The smallest absolute Gasteiger partial charge is 0.194 e. The third-order valence-corrected chi connectivity index (χ3v) is 5.15. The molecule has 1 heterocycles. The molecule has 1 aliphatic rings. The Hall–Kier alpha value is -2.04. The molecule has 0 radical (unpaired) electrons. The molecule has 30 heavy (non-hydrogen) atoms. The second kappa shape index (κ2) is 12.0. The van der Waals surface area contributed by atoms with E-state index < -0.39 is 0 Å². The molecule has 9 heteroatoms. The van der Waals surface area contributed by atoms with Crippen molar-refractivity contribution in [1.29, 1.82) is 0 Å². The maximum atomic E-state index is 6.30. The monoisotopic (exact) mass is 528 g/mol. The summed E-state index contributed by atoms with van der Waals surface area (Å²) in [6, 6.07) is 5.97. The maximum absolute atomic E-state index is 6.30. The topological polar surface area (TPSA) is 76.8 Å². The fraction of sp³-hybridized carbons (Fsp3) is 0.571. The third-order valence-electron chi connectivity index (χ3n) is 5.15. The van der Waals surface area contributed by atoms with Gasteiger partial charge in [-0.2, -0.15) is 5.10 Å². The van der Waals surface area contributed by atoms with Crippen LogP contribution in [0.25, 0.3) is 0 Å². The molecule has 0 amide bonds. The van der Waals surface area contributed by atoms with Crippen LogP contribution in [0.1, 0.15) is 44.0 Å². The summed E-state index contributed by atoms with van der Waals surface area (Å²) < 4.78 is 13.5. The van der Waals surface area contributed by atoms with Gasteiger partial charge >= 0.3 is 0 Å². The van der Waals surface area contributed by atoms with Gasteiger partial charge in [-0.1, -0.05) is 0 Å². The molecule has 1 N–H and O–H groups in total. The highest BCUT2D eigenvalue weighted by atomic mass is 127. The van der Waals surface area contributed by atoms with Gasteiger partial charge < -0.3 is 19.7 Å². The number of nitrogens with one attached hydrogen (secondary N) is 1. The van der Waals surface area contributed by atoms with Crippen molar-refractivity contribution >= 4 is 29.9 Å². The van der Waals surface area contributed by atoms with Gasteiger partial charge in [0.05, 0.1) is 26.3 Å². The molecule has 1 aliphatic carbocycles. The van der Waals surface area contributed by atoms with Gasteiger partial charge in [0, 0.05) is 32.3 Å². The van der Waals surface area contributed by atoms with Crippen LogP contribution in [0.5, 0.6) is 11.5 Å². The van der Waals surface area contributed by atoms with Crippen LogP contribution in [0.15, 0.2) is 29.5 Å². The van der Waals surface area contributed by atoms with Crippen LogP contribution < -0.4 is 14.8 Å². The Bertz CT molecular complexity index is 820. The predicted octanol–water partition coefficient (Wildman–Crippen LogP) is 3.36. The lowest BCUT2D eigenvalue weighted by atomic mass is 10.2. The van der Waals surface area contributed by atoms with Gasteiger partial charge in [0.15, 0.2) is 5.96 Å². The van der Waals surface area contributed by atoms with E-state index in [2.05, 4.69) is 27.2 Å². The fourth-order valence-electron chi connectivity index (χ4n) is 3.47. The van der Waals surface area contributed by atoms with Crippen LogP contribution in [0.4, 0.5) is 0 Å². The van der Waals surface area contributed by atoms with Gasteiger partial charge in [0.2, 0.25) is 0 Å². The summed E-state index contributed by atoms with van der Waals surface area (Å²) in [7, 11) is 5.57. The van der Waals surface area contributed by atoms with Gasteiger partial charge in [0.1, 0.15) is 23.7 Å². The SMILES string of the molecule is CCNC(=NCc1ccc(OC)cc1OC1CCCC1)N(C)Cc1ncnn1C.I. The van der Waals surface area contributed by atoms with Gasteiger partial charge in [-0.05, 0) is 44.7 Å². The maximum Gasteiger partial charge on any atom is 0.194 e. The highest BCUT2D eigenvalue weighted by molar-refractivity contribution is 14.0. The minimum absolute atomic E-state index is 0. The quantitative estimate of drug-likeness (QED) is 0.322. The molecule has 1 aromatic carbocycles. The van der Waals surface area contributed by atoms with Crippen LogP contribution >= 0.6 is 24.0 Å². The second-order valence-corrected chi connectivity index (χ2v) is 7.32. The molecule has 8 nitrogen and oxygen atoms in total. The number of nitrogens with zero attached hydrogens (tertiary/aromatic N) is 5. The number of benzene rings is 1. The second-order valence-electron chi connectivity index (χ2n) is 7.32. The first kappa shape index (κ1) is 24.2. The number of methoxy groups -OCH3 is 1. The molecule has 1 aromatic heterocycles. The minimum Gasteiger partial charge on any atom is -0.497 e. The first-order valence-corrected chi connectivity index (χ1v) is 10.3. The van der Waals surface area contributed by atoms with Gasteiger partial charge in [-0.15, -0.1) is 24.0 Å². The number of ether oxygens (including phenoxy) is 2. The number of aromatic nitrogens is 3. The molecule has 0 bridgehead atoms. The number of aliphatic imine (C=N–C) groups is 1. The number of aryl methyl sites for hydroxylation is 1. The Balaban J connectivity index is 0.00000320. The van der Waals surface area contributed by atoms with E-state index in [4.69, 9.17) is 14.5 Å². The number of hydrogen-bond acceptors (Lipinski definition) is 5. The van der Waals surface area contributed by atoms with E-state index in [1.165, 1.54) is 12.8 Å². The molecule has 1 saturated carbocycles. The van der Waals surface area contributed by atoms with E-state index in [0.29, 0.717) is 13.1 Å². The first-order valence-electron chi connectivity index (χ1n) is 10.3. The summed E-state index contributed by atoms with van der Waals surface area (Å²) in [6.07, 6.45) is 6.55. The van der Waals surface area contributed by atoms with Crippen LogP contribution in [0.2, 0.25) is 0 Å². The molecule has 0 spiro atoms. The summed E-state index contributed by atoms with van der Waals surface area (Å²) >= 11 is 0. The van der Waals surface area contributed by atoms with Crippen molar-refractivity contribution in [2.75, 3.05) is 20.7 Å². The number of guanidine groups is 1. The van der Waals surface area contributed by atoms with Crippen LogP contribution in [-0.4, -0.2) is 52.4 Å². The number of halogens is 1. The zero-order chi connectivity index (χ0) is 20.6. The van der Waals surface area contributed by atoms with Crippen molar-refractivity contribution in [2.45, 2.75) is 51.8 Å². The summed E-state index contributed by atoms with van der Waals surface area (Å²) in [4.78, 5) is 11.2. The van der Waals surface area contributed by atoms with E-state index in [9.17, 15) is 0 Å². The molecule has 0 atom stereocenters. The summed E-state index contributed by atoms with van der Waals surface area (Å²) in [5.41, 5.74) is 1.06. The highest BCUT2D eigenvalue weighted by Gasteiger charge is 2.19. The molecular formula is C21H33IN6O2. The summed E-state index contributed by atoms with van der Waals surface area (Å²) in [6.45, 7) is 4.00. The predicted molar refractivity (Wildman–Crippen MR) is 129 cm³/mol. The minimum atomic E-state index is 0. The summed E-state index contributed by atoms with van der Waals surface area (Å²) in [5, 5.41) is 7.49. The Labute approximate surface area is 196 Å². The van der Waals surface area contributed by atoms with Crippen molar-refractivity contribution in [1.82, 2.24) is 25.0 Å². The van der Waals surface area contributed by atoms with Crippen LogP contribution in [0, 0.1) is 0 Å². The average Bonchev–Trinajstić information content (AvgIpc) is 3.37. The zero-order valence-corrected chi connectivity index (χ0v) is 20.6. The number of hydrogen-bond donors (Lipinski definition) is 1. The zero-order valence-electron chi connectivity index (χ0n) is 18.3. The van der Waals surface area contributed by atoms with E-state index in [0.717, 1.165) is 48.2 Å². The van der Waals surface area contributed by atoms with Crippen molar-refractivity contribution < 1.29 is 9.47 Å². The van der Waals surface area contributed by atoms with E-state index in [1.807, 2.05) is 32.3 Å². The fourth-order valence-corrected chi connectivity index (χ4v) is 3.47. The molecule has 0 saturated heterocycles. The van der Waals surface area contributed by atoms with E-state index in [-0.39, 0.29) is 30.1 Å². The van der Waals surface area contributed by atoms with Crippen molar-refractivity contribution in [2.24, 2.45) is 12.0 Å². The summed E-state index contributed by atoms with van der Waals surface area (Å²) in [5.74, 6) is 3.37. The molecule has 166 valence electrons. The van der Waals surface area contributed by atoms with Crippen LogP contribution in [0.3, 0.4) is 0 Å². The Kier molecular flexibility index (Phi) is 9.67. The molecule has 0 aliphatic heterocycles. The lowest BCUT2D eigenvalue weighted by molar-refractivity contribution is 0.207. The normalized spacial score (nSPS) is 14.3. The van der Waals surface area contributed by atoms with Gasteiger partial charge in [-0.25, -0.2) is 9.98 Å². The Morgan fingerprint density at radius 2 is 2.10 bits per heavy atom.